The zero-order chi connectivity index (χ0) is 51.4. The maximum atomic E-state index is 12.8. The lowest BCUT2D eigenvalue weighted by Gasteiger charge is -2.18. The smallest absolute Gasteiger partial charge is 0.306 e. The molecule has 0 aromatic rings. The summed E-state index contributed by atoms with van der Waals surface area (Å²) in [6, 6.07) is 0. The summed E-state index contributed by atoms with van der Waals surface area (Å²) in [4.78, 5) is 38.0. The van der Waals surface area contributed by atoms with Crippen LogP contribution in [0.2, 0.25) is 0 Å². The number of rotatable bonds is 55. The van der Waals surface area contributed by atoms with E-state index in [4.69, 9.17) is 14.2 Å². The van der Waals surface area contributed by atoms with Crippen LogP contribution < -0.4 is 0 Å². The highest BCUT2D eigenvalue weighted by molar-refractivity contribution is 5.71. The molecule has 1 atom stereocenters. The molecule has 0 aromatic heterocycles. The Labute approximate surface area is 440 Å². The SMILES string of the molecule is CC/C=C\C/C=C\C/C=C\C/C=C\C/C=C\CCCC(=O)OC(COC(=O)CCCCCCCCCCC)COC(=O)CCCCCCCCCCCCCCCCC/C=C\CCCCCCCCCC. The Bertz CT molecular complexity index is 1320. The van der Waals surface area contributed by atoms with Crippen molar-refractivity contribution in [2.24, 2.45) is 0 Å². The van der Waals surface area contributed by atoms with Gasteiger partial charge in [0, 0.05) is 19.3 Å². The molecule has 0 aliphatic rings. The van der Waals surface area contributed by atoms with Crippen molar-refractivity contribution in [3.63, 3.8) is 0 Å². The third-order valence-electron chi connectivity index (χ3n) is 13.2. The van der Waals surface area contributed by atoms with Gasteiger partial charge in [-0.3, -0.25) is 14.4 Å². The molecular formula is C65H114O6. The second-order valence-electron chi connectivity index (χ2n) is 20.2. The van der Waals surface area contributed by atoms with Gasteiger partial charge in [0.2, 0.25) is 0 Å². The Kier molecular flexibility index (Phi) is 56.8. The molecule has 0 radical (unpaired) electrons. The van der Waals surface area contributed by atoms with Gasteiger partial charge in [0.25, 0.3) is 0 Å². The molecule has 0 aliphatic carbocycles. The van der Waals surface area contributed by atoms with Crippen LogP contribution >= 0.6 is 0 Å². The zero-order valence-corrected chi connectivity index (χ0v) is 47.0. The van der Waals surface area contributed by atoms with Crippen molar-refractivity contribution in [2.75, 3.05) is 13.2 Å². The van der Waals surface area contributed by atoms with Crippen molar-refractivity contribution in [3.05, 3.63) is 72.9 Å². The number of allylic oxidation sites excluding steroid dienone is 12. The standard InChI is InChI=1S/C65H114O6/c1-4-7-10-13-16-19-21-23-25-27-28-29-30-31-32-33-34-35-36-38-39-41-43-46-49-52-55-58-64(67)70-61-62(60-69-63(66)57-54-51-48-45-18-15-12-9-6-3)71-65(68)59-56-53-50-47-44-42-40-37-26-24-22-20-17-14-11-8-5-2/h8,11,17,20,24,26-28,40,42,47,50,62H,4-7,9-10,12-16,18-19,21-23,25,29-39,41,43-46,48-49,51-61H2,1-3H3/b11-8-,20-17-,26-24-,28-27-,42-40-,50-47-. The van der Waals surface area contributed by atoms with Crippen molar-refractivity contribution < 1.29 is 28.6 Å². The Balaban J connectivity index is 4.21. The first-order chi connectivity index (χ1) is 35.0. The fourth-order valence-electron chi connectivity index (χ4n) is 8.65. The maximum Gasteiger partial charge on any atom is 0.306 e. The number of esters is 3. The van der Waals surface area contributed by atoms with Gasteiger partial charge in [-0.1, -0.05) is 273 Å². The molecule has 6 heteroatoms. The summed E-state index contributed by atoms with van der Waals surface area (Å²) < 4.78 is 16.8. The van der Waals surface area contributed by atoms with E-state index in [0.717, 1.165) is 77.0 Å². The van der Waals surface area contributed by atoms with E-state index in [2.05, 4.69) is 93.7 Å². The van der Waals surface area contributed by atoms with Gasteiger partial charge in [-0.25, -0.2) is 0 Å². The van der Waals surface area contributed by atoms with Crippen LogP contribution in [0.4, 0.5) is 0 Å². The van der Waals surface area contributed by atoms with Gasteiger partial charge < -0.3 is 14.2 Å². The van der Waals surface area contributed by atoms with Crippen LogP contribution in [-0.4, -0.2) is 37.2 Å². The number of hydrogen-bond acceptors (Lipinski definition) is 6. The molecule has 0 fully saturated rings. The van der Waals surface area contributed by atoms with E-state index in [0.29, 0.717) is 19.3 Å². The second kappa shape index (κ2) is 59.4. The molecular weight excluding hydrogens is 877 g/mol. The summed E-state index contributed by atoms with van der Waals surface area (Å²) in [5.41, 5.74) is 0. The Hall–Kier alpha value is -3.15. The molecule has 0 aliphatic heterocycles. The summed E-state index contributed by atoms with van der Waals surface area (Å²) in [5.74, 6) is -0.947. The van der Waals surface area contributed by atoms with E-state index in [-0.39, 0.29) is 37.5 Å². The molecule has 0 heterocycles. The minimum absolute atomic E-state index is 0.0953. The van der Waals surface area contributed by atoms with Crippen molar-refractivity contribution in [1.29, 1.82) is 0 Å². The Morgan fingerprint density at radius 2 is 0.563 bits per heavy atom. The molecule has 6 nitrogen and oxygen atoms in total. The van der Waals surface area contributed by atoms with E-state index < -0.39 is 6.10 Å². The largest absolute Gasteiger partial charge is 0.462 e. The molecule has 0 aromatic carbocycles. The molecule has 0 N–H and O–H groups in total. The van der Waals surface area contributed by atoms with Crippen LogP contribution in [0.3, 0.4) is 0 Å². The lowest BCUT2D eigenvalue weighted by Crippen LogP contribution is -2.30. The molecule has 0 rings (SSSR count). The summed E-state index contributed by atoms with van der Waals surface area (Å²) in [7, 11) is 0. The number of hydrogen-bond donors (Lipinski definition) is 0. The first-order valence-electron chi connectivity index (χ1n) is 30.4. The molecule has 1 unspecified atom stereocenters. The highest BCUT2D eigenvalue weighted by Crippen LogP contribution is 2.16. The molecule has 71 heavy (non-hydrogen) atoms. The van der Waals surface area contributed by atoms with E-state index in [1.54, 1.807) is 0 Å². The van der Waals surface area contributed by atoms with Gasteiger partial charge in [-0.05, 0) is 83.5 Å². The van der Waals surface area contributed by atoms with Gasteiger partial charge in [0.05, 0.1) is 0 Å². The van der Waals surface area contributed by atoms with Crippen molar-refractivity contribution in [1.82, 2.24) is 0 Å². The number of carbonyl (C=O) groups excluding carboxylic acids is 3. The number of ether oxygens (including phenoxy) is 3. The summed E-state index contributed by atoms with van der Waals surface area (Å²) in [6.45, 7) is 6.48. The van der Waals surface area contributed by atoms with Crippen LogP contribution in [0.25, 0.3) is 0 Å². The predicted molar refractivity (Wildman–Crippen MR) is 307 cm³/mol. The van der Waals surface area contributed by atoms with Crippen LogP contribution in [0.15, 0.2) is 72.9 Å². The zero-order valence-electron chi connectivity index (χ0n) is 47.0. The van der Waals surface area contributed by atoms with E-state index in [1.165, 1.54) is 180 Å². The second-order valence-corrected chi connectivity index (χ2v) is 20.2. The van der Waals surface area contributed by atoms with Gasteiger partial charge in [0.1, 0.15) is 13.2 Å². The maximum absolute atomic E-state index is 12.8. The highest BCUT2D eigenvalue weighted by Gasteiger charge is 2.19. The third-order valence-corrected chi connectivity index (χ3v) is 13.2. The van der Waals surface area contributed by atoms with Gasteiger partial charge in [-0.15, -0.1) is 0 Å². The predicted octanol–water partition coefficient (Wildman–Crippen LogP) is 20.5. The van der Waals surface area contributed by atoms with Gasteiger partial charge in [0.15, 0.2) is 6.10 Å². The monoisotopic (exact) mass is 991 g/mol. The van der Waals surface area contributed by atoms with Gasteiger partial charge in [-0.2, -0.15) is 0 Å². The minimum Gasteiger partial charge on any atom is -0.462 e. The van der Waals surface area contributed by atoms with Crippen LogP contribution in [0.5, 0.6) is 0 Å². The van der Waals surface area contributed by atoms with E-state index in [9.17, 15) is 14.4 Å². The normalized spacial score (nSPS) is 12.5. The molecule has 0 bridgehead atoms. The molecule has 0 saturated carbocycles. The van der Waals surface area contributed by atoms with Crippen molar-refractivity contribution >= 4 is 17.9 Å². The van der Waals surface area contributed by atoms with E-state index in [1.807, 2.05) is 0 Å². The number of unbranched alkanes of at least 4 members (excludes halogenated alkanes) is 32. The molecule has 0 amide bonds. The topological polar surface area (TPSA) is 78.9 Å². The van der Waals surface area contributed by atoms with Crippen molar-refractivity contribution in [2.45, 2.75) is 309 Å². The molecule has 410 valence electrons. The first-order valence-corrected chi connectivity index (χ1v) is 30.4. The Morgan fingerprint density at radius 1 is 0.296 bits per heavy atom. The summed E-state index contributed by atoms with van der Waals surface area (Å²) in [6.07, 6.45) is 76.5. The lowest BCUT2D eigenvalue weighted by molar-refractivity contribution is -0.167. The number of carbonyl (C=O) groups is 3. The fourth-order valence-corrected chi connectivity index (χ4v) is 8.65. The third kappa shape index (κ3) is 57.6. The fraction of sp³-hybridized carbons (Fsp3) is 0.769. The van der Waals surface area contributed by atoms with Gasteiger partial charge >= 0.3 is 17.9 Å². The quantitative estimate of drug-likeness (QED) is 0.0261. The molecule has 0 saturated heterocycles. The van der Waals surface area contributed by atoms with Crippen LogP contribution in [0.1, 0.15) is 303 Å². The Morgan fingerprint density at radius 3 is 0.915 bits per heavy atom. The lowest BCUT2D eigenvalue weighted by atomic mass is 10.0. The van der Waals surface area contributed by atoms with Crippen LogP contribution in [-0.2, 0) is 28.6 Å². The van der Waals surface area contributed by atoms with Crippen LogP contribution in [0, 0.1) is 0 Å². The summed E-state index contributed by atoms with van der Waals surface area (Å²) >= 11 is 0. The highest BCUT2D eigenvalue weighted by atomic mass is 16.6. The first kappa shape index (κ1) is 67.8. The average Bonchev–Trinajstić information content (AvgIpc) is 3.37. The summed E-state index contributed by atoms with van der Waals surface area (Å²) in [5, 5.41) is 0. The molecule has 0 spiro atoms. The average molecular weight is 992 g/mol. The minimum atomic E-state index is -0.802. The van der Waals surface area contributed by atoms with E-state index >= 15 is 0 Å². The van der Waals surface area contributed by atoms with Crippen molar-refractivity contribution in [3.8, 4) is 0 Å².